The summed E-state index contributed by atoms with van der Waals surface area (Å²) < 4.78 is 24.7. The number of hydrogen-bond acceptors (Lipinski definition) is 2. The van der Waals surface area contributed by atoms with Gasteiger partial charge in [0.25, 0.3) is 6.43 Å². The highest BCUT2D eigenvalue weighted by atomic mass is 19.3. The maximum atomic E-state index is 12.3. The van der Waals surface area contributed by atoms with Crippen LogP contribution in [0.4, 0.5) is 8.78 Å². The molecular formula is C10H20F2N2. The fourth-order valence-corrected chi connectivity index (χ4v) is 1.85. The molecule has 1 unspecified atom stereocenters. The van der Waals surface area contributed by atoms with E-state index in [1.807, 2.05) is 18.7 Å². The second-order valence-electron chi connectivity index (χ2n) is 4.59. The number of halogens is 2. The maximum absolute atomic E-state index is 12.3. The first kappa shape index (κ1) is 11.9. The molecule has 0 saturated carbocycles. The fraction of sp³-hybridized carbons (Fsp3) is 1.00. The first-order chi connectivity index (χ1) is 6.45. The lowest BCUT2D eigenvalue weighted by Crippen LogP contribution is -2.62. The SMILES string of the molecule is CCC1CN(CC(F)F)C(C)(C)CN1. The van der Waals surface area contributed by atoms with Crippen LogP contribution in [0, 0.1) is 0 Å². The molecule has 1 fully saturated rings. The molecule has 0 aliphatic carbocycles. The summed E-state index contributed by atoms with van der Waals surface area (Å²) >= 11 is 0. The average Bonchev–Trinajstić information content (AvgIpc) is 2.08. The summed E-state index contributed by atoms with van der Waals surface area (Å²) in [6.45, 7) is 7.51. The first-order valence-corrected chi connectivity index (χ1v) is 5.22. The van der Waals surface area contributed by atoms with Crippen molar-refractivity contribution in [3.8, 4) is 0 Å². The smallest absolute Gasteiger partial charge is 0.251 e. The van der Waals surface area contributed by atoms with Crippen LogP contribution in [0.25, 0.3) is 0 Å². The number of alkyl halides is 2. The molecule has 0 amide bonds. The summed E-state index contributed by atoms with van der Waals surface area (Å²) in [4.78, 5) is 1.89. The highest BCUT2D eigenvalue weighted by Crippen LogP contribution is 2.20. The van der Waals surface area contributed by atoms with Crippen LogP contribution in [0.15, 0.2) is 0 Å². The monoisotopic (exact) mass is 206 g/mol. The van der Waals surface area contributed by atoms with Gasteiger partial charge in [-0.05, 0) is 20.3 Å². The van der Waals surface area contributed by atoms with E-state index < -0.39 is 6.43 Å². The Morgan fingerprint density at radius 1 is 1.50 bits per heavy atom. The van der Waals surface area contributed by atoms with E-state index in [-0.39, 0.29) is 12.1 Å². The van der Waals surface area contributed by atoms with E-state index in [4.69, 9.17) is 0 Å². The molecule has 1 N–H and O–H groups in total. The second kappa shape index (κ2) is 4.53. The lowest BCUT2D eigenvalue weighted by molar-refractivity contribution is 0.00663. The molecule has 1 atom stereocenters. The van der Waals surface area contributed by atoms with Gasteiger partial charge in [0.05, 0.1) is 6.54 Å². The molecule has 1 rings (SSSR count). The van der Waals surface area contributed by atoms with E-state index in [1.165, 1.54) is 0 Å². The van der Waals surface area contributed by atoms with Crippen LogP contribution < -0.4 is 5.32 Å². The Morgan fingerprint density at radius 3 is 2.64 bits per heavy atom. The third-order valence-electron chi connectivity index (χ3n) is 2.97. The van der Waals surface area contributed by atoms with Crippen LogP contribution in [0.2, 0.25) is 0 Å². The van der Waals surface area contributed by atoms with Crippen LogP contribution in [0.1, 0.15) is 27.2 Å². The van der Waals surface area contributed by atoms with Gasteiger partial charge in [-0.25, -0.2) is 8.78 Å². The number of nitrogens with one attached hydrogen (secondary N) is 1. The van der Waals surface area contributed by atoms with Crippen molar-refractivity contribution in [2.75, 3.05) is 19.6 Å². The first-order valence-electron chi connectivity index (χ1n) is 5.22. The van der Waals surface area contributed by atoms with Gasteiger partial charge in [0.2, 0.25) is 0 Å². The third-order valence-corrected chi connectivity index (χ3v) is 2.97. The van der Waals surface area contributed by atoms with E-state index in [1.54, 1.807) is 0 Å². The van der Waals surface area contributed by atoms with Crippen molar-refractivity contribution in [1.82, 2.24) is 10.2 Å². The Balaban J connectivity index is 2.56. The largest absolute Gasteiger partial charge is 0.311 e. The molecule has 1 heterocycles. The van der Waals surface area contributed by atoms with E-state index in [2.05, 4.69) is 12.2 Å². The van der Waals surface area contributed by atoms with Crippen molar-refractivity contribution in [2.45, 2.75) is 45.2 Å². The van der Waals surface area contributed by atoms with Crippen LogP contribution in [-0.4, -0.2) is 42.5 Å². The molecule has 0 aromatic carbocycles. The fourth-order valence-electron chi connectivity index (χ4n) is 1.85. The minimum Gasteiger partial charge on any atom is -0.311 e. The molecule has 1 saturated heterocycles. The van der Waals surface area contributed by atoms with E-state index in [0.29, 0.717) is 6.04 Å². The zero-order valence-corrected chi connectivity index (χ0v) is 9.19. The van der Waals surface area contributed by atoms with Gasteiger partial charge in [0.1, 0.15) is 0 Å². The Hall–Kier alpha value is -0.220. The molecule has 0 aromatic rings. The topological polar surface area (TPSA) is 15.3 Å². The van der Waals surface area contributed by atoms with Crippen molar-refractivity contribution >= 4 is 0 Å². The zero-order chi connectivity index (χ0) is 10.8. The van der Waals surface area contributed by atoms with Crippen molar-refractivity contribution in [3.05, 3.63) is 0 Å². The van der Waals surface area contributed by atoms with Gasteiger partial charge in [-0.3, -0.25) is 4.90 Å². The normalized spacial score (nSPS) is 28.3. The standard InChI is InChI=1S/C10H20F2N2/c1-4-8-5-14(6-9(11)12)10(2,3)7-13-8/h8-9,13H,4-7H2,1-3H3. The molecular weight excluding hydrogens is 186 g/mol. The summed E-state index contributed by atoms with van der Waals surface area (Å²) in [6, 6.07) is 0.363. The second-order valence-corrected chi connectivity index (χ2v) is 4.59. The highest BCUT2D eigenvalue weighted by Gasteiger charge is 2.34. The molecule has 0 aromatic heterocycles. The lowest BCUT2D eigenvalue weighted by Gasteiger charge is -2.45. The lowest BCUT2D eigenvalue weighted by atomic mass is 9.96. The number of nitrogens with zero attached hydrogens (tertiary/aromatic N) is 1. The molecule has 0 bridgehead atoms. The average molecular weight is 206 g/mol. The quantitative estimate of drug-likeness (QED) is 0.756. The van der Waals surface area contributed by atoms with Gasteiger partial charge < -0.3 is 5.32 Å². The molecule has 4 heteroatoms. The Morgan fingerprint density at radius 2 is 2.14 bits per heavy atom. The minimum absolute atomic E-state index is 0.106. The van der Waals surface area contributed by atoms with Gasteiger partial charge in [-0.2, -0.15) is 0 Å². The van der Waals surface area contributed by atoms with Crippen molar-refractivity contribution in [1.29, 1.82) is 0 Å². The van der Waals surface area contributed by atoms with E-state index >= 15 is 0 Å². The van der Waals surface area contributed by atoms with E-state index in [9.17, 15) is 8.78 Å². The van der Waals surface area contributed by atoms with Crippen LogP contribution in [-0.2, 0) is 0 Å². The molecule has 1 aliphatic rings. The number of hydrogen-bond donors (Lipinski definition) is 1. The van der Waals surface area contributed by atoms with Gasteiger partial charge in [0, 0.05) is 24.7 Å². The summed E-state index contributed by atoms with van der Waals surface area (Å²) in [5.41, 5.74) is -0.151. The molecule has 14 heavy (non-hydrogen) atoms. The Labute approximate surface area is 84.7 Å². The maximum Gasteiger partial charge on any atom is 0.251 e. The van der Waals surface area contributed by atoms with Gasteiger partial charge in [-0.1, -0.05) is 6.92 Å². The van der Waals surface area contributed by atoms with Gasteiger partial charge in [-0.15, -0.1) is 0 Å². The minimum atomic E-state index is -2.23. The molecule has 0 spiro atoms. The summed E-state index contributed by atoms with van der Waals surface area (Å²) in [5, 5.41) is 3.38. The predicted octanol–water partition coefficient (Wildman–Crippen LogP) is 1.71. The third kappa shape index (κ3) is 2.89. The molecule has 84 valence electrons. The predicted molar refractivity (Wildman–Crippen MR) is 53.7 cm³/mol. The van der Waals surface area contributed by atoms with Crippen molar-refractivity contribution in [2.24, 2.45) is 0 Å². The van der Waals surface area contributed by atoms with Gasteiger partial charge >= 0.3 is 0 Å². The summed E-state index contributed by atoms with van der Waals surface area (Å²) in [7, 11) is 0. The van der Waals surface area contributed by atoms with E-state index in [0.717, 1.165) is 19.5 Å². The summed E-state index contributed by atoms with van der Waals surface area (Å²) in [6.07, 6.45) is -1.24. The van der Waals surface area contributed by atoms with Crippen LogP contribution in [0.5, 0.6) is 0 Å². The number of piperazine rings is 1. The Bertz CT molecular complexity index is 183. The molecule has 2 nitrogen and oxygen atoms in total. The highest BCUT2D eigenvalue weighted by molar-refractivity contribution is 4.92. The van der Waals surface area contributed by atoms with Crippen molar-refractivity contribution < 1.29 is 8.78 Å². The molecule has 1 aliphatic heterocycles. The Kier molecular flexibility index (Phi) is 3.84. The van der Waals surface area contributed by atoms with Crippen LogP contribution in [0.3, 0.4) is 0 Å². The number of rotatable bonds is 3. The summed E-state index contributed by atoms with van der Waals surface area (Å²) in [5.74, 6) is 0. The van der Waals surface area contributed by atoms with Gasteiger partial charge in [0.15, 0.2) is 0 Å². The zero-order valence-electron chi connectivity index (χ0n) is 9.19. The van der Waals surface area contributed by atoms with Crippen LogP contribution >= 0.6 is 0 Å². The van der Waals surface area contributed by atoms with Crippen molar-refractivity contribution in [3.63, 3.8) is 0 Å². The molecule has 0 radical (unpaired) electrons.